The molecule has 1 heterocycles. The van der Waals surface area contributed by atoms with Crippen molar-refractivity contribution in [3.05, 3.63) is 70.5 Å². The Morgan fingerprint density at radius 2 is 1.88 bits per heavy atom. The fourth-order valence-corrected chi connectivity index (χ4v) is 2.64. The molecule has 3 rings (SSSR count). The average Bonchev–Trinajstić information content (AvgIpc) is 3.28. The van der Waals surface area contributed by atoms with E-state index in [4.69, 9.17) is 13.9 Å². The number of carbonyl (C=O) groups is 2. The van der Waals surface area contributed by atoms with Crippen LogP contribution in [0.5, 0.6) is 11.5 Å². The summed E-state index contributed by atoms with van der Waals surface area (Å²) in [6.45, 7) is 0. The second kappa shape index (κ2) is 9.89. The smallest absolute Gasteiger partial charge is 0.329 e. The van der Waals surface area contributed by atoms with Crippen molar-refractivity contribution in [3.63, 3.8) is 0 Å². The van der Waals surface area contributed by atoms with E-state index < -0.39 is 16.7 Å². The first-order valence-corrected chi connectivity index (χ1v) is 9.12. The van der Waals surface area contributed by atoms with E-state index >= 15 is 0 Å². The molecule has 0 radical (unpaired) electrons. The summed E-state index contributed by atoms with van der Waals surface area (Å²) in [6, 6.07) is 13.8. The Labute approximate surface area is 181 Å². The highest BCUT2D eigenvalue weighted by Gasteiger charge is 2.16. The fraction of sp³-hybridized carbons (Fsp3) is 0.0952. The van der Waals surface area contributed by atoms with Gasteiger partial charge in [0.2, 0.25) is 0 Å². The third-order valence-corrected chi connectivity index (χ3v) is 4.19. The molecule has 0 fully saturated rings. The molecule has 0 aliphatic heterocycles. The zero-order valence-corrected chi connectivity index (χ0v) is 17.0. The molecule has 0 saturated carbocycles. The molecular formula is C21H18N4O7. The maximum atomic E-state index is 12.1. The average molecular weight is 438 g/mol. The Kier molecular flexibility index (Phi) is 6.81. The molecule has 11 heteroatoms. The summed E-state index contributed by atoms with van der Waals surface area (Å²) in [5.74, 6) is -0.475. The molecular weight excluding hydrogens is 420 g/mol. The van der Waals surface area contributed by atoms with E-state index in [0.29, 0.717) is 22.8 Å². The van der Waals surface area contributed by atoms with Crippen molar-refractivity contribution in [3.8, 4) is 22.8 Å². The number of nitrogens with one attached hydrogen (secondary N) is 2. The molecule has 11 nitrogen and oxygen atoms in total. The van der Waals surface area contributed by atoms with Gasteiger partial charge in [-0.3, -0.25) is 19.7 Å². The van der Waals surface area contributed by atoms with Crippen LogP contribution in [0.2, 0.25) is 0 Å². The second-order valence-electron chi connectivity index (χ2n) is 6.23. The number of hydrazone groups is 1. The van der Waals surface area contributed by atoms with Crippen LogP contribution in [0.15, 0.2) is 64.1 Å². The zero-order valence-electron chi connectivity index (χ0n) is 17.0. The number of ether oxygens (including phenoxy) is 2. The first-order chi connectivity index (χ1) is 15.4. The summed E-state index contributed by atoms with van der Waals surface area (Å²) >= 11 is 0. The molecule has 0 bridgehead atoms. The summed E-state index contributed by atoms with van der Waals surface area (Å²) in [6.07, 6.45) is 1.19. The molecule has 1 aromatic heterocycles. The number of nitrogens with zero attached hydrogens (tertiary/aromatic N) is 2. The van der Waals surface area contributed by atoms with Gasteiger partial charge in [-0.1, -0.05) is 12.1 Å². The minimum absolute atomic E-state index is 0.0686. The molecule has 32 heavy (non-hydrogen) atoms. The minimum Gasteiger partial charge on any atom is -0.497 e. The number of methoxy groups -OCH3 is 2. The van der Waals surface area contributed by atoms with Crippen LogP contribution in [-0.2, 0) is 9.59 Å². The van der Waals surface area contributed by atoms with E-state index in [1.807, 2.05) is 0 Å². The molecule has 164 valence electrons. The number of anilines is 1. The lowest BCUT2D eigenvalue weighted by Crippen LogP contribution is -2.32. The Balaban J connectivity index is 1.60. The molecule has 0 aliphatic rings. The van der Waals surface area contributed by atoms with Gasteiger partial charge in [0.25, 0.3) is 5.69 Å². The normalized spacial score (nSPS) is 10.6. The third-order valence-electron chi connectivity index (χ3n) is 4.19. The lowest BCUT2D eigenvalue weighted by molar-refractivity contribution is -0.384. The van der Waals surface area contributed by atoms with Crippen molar-refractivity contribution in [2.45, 2.75) is 0 Å². The maximum absolute atomic E-state index is 12.1. The SMILES string of the molecule is COc1ccc(NC(=O)C(=O)N/N=C/c2ccc(-c3cccc([N+](=O)[O-])c3)o2)c(OC)c1. The number of non-ortho nitro benzene ring substituents is 1. The molecule has 0 saturated heterocycles. The number of hydrogen-bond acceptors (Lipinski definition) is 8. The highest BCUT2D eigenvalue weighted by molar-refractivity contribution is 6.39. The largest absolute Gasteiger partial charge is 0.497 e. The van der Waals surface area contributed by atoms with Crippen LogP contribution in [-0.4, -0.2) is 37.2 Å². The molecule has 0 unspecified atom stereocenters. The van der Waals surface area contributed by atoms with Gasteiger partial charge in [0.05, 0.1) is 31.0 Å². The van der Waals surface area contributed by atoms with Crippen LogP contribution in [0.4, 0.5) is 11.4 Å². The van der Waals surface area contributed by atoms with Crippen LogP contribution < -0.4 is 20.2 Å². The zero-order chi connectivity index (χ0) is 23.1. The highest BCUT2D eigenvalue weighted by Crippen LogP contribution is 2.29. The fourth-order valence-electron chi connectivity index (χ4n) is 2.64. The van der Waals surface area contributed by atoms with Crippen LogP contribution in [0.3, 0.4) is 0 Å². The predicted octanol–water partition coefficient (Wildman–Crippen LogP) is 2.96. The van der Waals surface area contributed by atoms with Gasteiger partial charge >= 0.3 is 11.8 Å². The number of benzene rings is 2. The van der Waals surface area contributed by atoms with Crippen molar-refractivity contribution < 1.29 is 28.4 Å². The lowest BCUT2D eigenvalue weighted by atomic mass is 10.1. The summed E-state index contributed by atoms with van der Waals surface area (Å²) in [7, 11) is 2.91. The summed E-state index contributed by atoms with van der Waals surface area (Å²) in [5.41, 5.74) is 2.81. The van der Waals surface area contributed by atoms with Crippen LogP contribution in [0.25, 0.3) is 11.3 Å². The Bertz CT molecular complexity index is 1190. The van der Waals surface area contributed by atoms with E-state index in [0.717, 1.165) is 0 Å². The van der Waals surface area contributed by atoms with Gasteiger partial charge in [-0.05, 0) is 24.3 Å². The van der Waals surface area contributed by atoms with Gasteiger partial charge in [-0.15, -0.1) is 0 Å². The number of carbonyl (C=O) groups excluding carboxylic acids is 2. The van der Waals surface area contributed by atoms with E-state index in [-0.39, 0.29) is 17.1 Å². The topological polar surface area (TPSA) is 145 Å². The Morgan fingerprint density at radius 3 is 2.59 bits per heavy atom. The third kappa shape index (κ3) is 5.27. The van der Waals surface area contributed by atoms with Crippen molar-refractivity contribution in [1.29, 1.82) is 0 Å². The summed E-state index contributed by atoms with van der Waals surface area (Å²) in [4.78, 5) is 34.5. The number of nitro benzene ring substituents is 1. The molecule has 0 atom stereocenters. The van der Waals surface area contributed by atoms with Gasteiger partial charge in [0, 0.05) is 23.8 Å². The predicted molar refractivity (Wildman–Crippen MR) is 115 cm³/mol. The minimum atomic E-state index is -1.01. The van der Waals surface area contributed by atoms with E-state index in [2.05, 4.69) is 15.8 Å². The summed E-state index contributed by atoms with van der Waals surface area (Å²) in [5, 5.41) is 17.0. The lowest BCUT2D eigenvalue weighted by Gasteiger charge is -2.10. The number of furan rings is 1. The van der Waals surface area contributed by atoms with Gasteiger partial charge in [-0.2, -0.15) is 5.10 Å². The number of hydrogen-bond donors (Lipinski definition) is 2. The highest BCUT2D eigenvalue weighted by atomic mass is 16.6. The molecule has 0 aliphatic carbocycles. The van der Waals surface area contributed by atoms with Gasteiger partial charge in [-0.25, -0.2) is 5.43 Å². The quantitative estimate of drug-likeness (QED) is 0.250. The van der Waals surface area contributed by atoms with E-state index in [1.54, 1.807) is 36.4 Å². The van der Waals surface area contributed by atoms with Crippen molar-refractivity contribution >= 4 is 29.4 Å². The maximum Gasteiger partial charge on any atom is 0.329 e. The first kappa shape index (κ1) is 22.0. The second-order valence-corrected chi connectivity index (χ2v) is 6.23. The van der Waals surface area contributed by atoms with Crippen LogP contribution >= 0.6 is 0 Å². The van der Waals surface area contributed by atoms with Gasteiger partial charge < -0.3 is 19.2 Å². The van der Waals surface area contributed by atoms with Crippen LogP contribution in [0, 0.1) is 10.1 Å². The summed E-state index contributed by atoms with van der Waals surface area (Å²) < 4.78 is 15.8. The molecule has 2 N–H and O–H groups in total. The molecule has 2 amide bonds. The van der Waals surface area contributed by atoms with Crippen LogP contribution in [0.1, 0.15) is 5.76 Å². The molecule has 0 spiro atoms. The Hall–Kier alpha value is -4.67. The van der Waals surface area contributed by atoms with Crippen molar-refractivity contribution in [2.24, 2.45) is 5.10 Å². The molecule has 2 aromatic carbocycles. The standard InChI is InChI=1S/C21H18N4O7/c1-30-15-6-8-17(19(11-15)31-2)23-20(26)21(27)24-22-12-16-7-9-18(32-16)13-4-3-5-14(10-13)25(28)29/h3-12H,1-2H3,(H,23,26)(H,24,27)/b22-12+. The monoisotopic (exact) mass is 438 g/mol. The van der Waals surface area contributed by atoms with Gasteiger partial charge in [0.1, 0.15) is 23.0 Å². The number of amides is 2. The van der Waals surface area contributed by atoms with Crippen molar-refractivity contribution in [2.75, 3.05) is 19.5 Å². The number of nitro groups is 1. The van der Waals surface area contributed by atoms with E-state index in [9.17, 15) is 19.7 Å². The van der Waals surface area contributed by atoms with E-state index in [1.165, 1.54) is 38.6 Å². The first-order valence-electron chi connectivity index (χ1n) is 9.12. The van der Waals surface area contributed by atoms with Gasteiger partial charge in [0.15, 0.2) is 0 Å². The van der Waals surface area contributed by atoms with Crippen molar-refractivity contribution in [1.82, 2.24) is 5.43 Å². The molecule has 3 aromatic rings. The Morgan fingerprint density at radius 1 is 1.06 bits per heavy atom. The number of rotatable bonds is 7.